The summed E-state index contributed by atoms with van der Waals surface area (Å²) in [5, 5.41) is 0. The number of hydrogen-bond donors (Lipinski definition) is 1. The number of amides is 1. The van der Waals surface area contributed by atoms with Crippen molar-refractivity contribution >= 4 is 5.91 Å². The number of hydrogen-bond acceptors (Lipinski definition) is 4. The fourth-order valence-electron chi connectivity index (χ4n) is 2.71. The van der Waals surface area contributed by atoms with Gasteiger partial charge in [-0.15, -0.1) is 0 Å². The molecule has 0 aliphatic carbocycles. The number of aromatic nitrogens is 1. The second-order valence-electron chi connectivity index (χ2n) is 5.83. The third-order valence-electron chi connectivity index (χ3n) is 3.96. The lowest BCUT2D eigenvalue weighted by Crippen LogP contribution is -2.46. The zero-order chi connectivity index (χ0) is 16.3. The number of nitrogens with zero attached hydrogens (tertiary/aromatic N) is 2. The predicted octanol–water partition coefficient (Wildman–Crippen LogP) is 1.35. The molecular formula is C16H25N3O3. The van der Waals surface area contributed by atoms with Gasteiger partial charge in [0.2, 0.25) is 5.43 Å². The Bertz CT molecular complexity index is 607. The number of nitrogens with two attached hydrogens (primary N) is 1. The van der Waals surface area contributed by atoms with E-state index < -0.39 is 0 Å². The van der Waals surface area contributed by atoms with Crippen molar-refractivity contribution in [1.29, 1.82) is 0 Å². The van der Waals surface area contributed by atoms with Crippen LogP contribution in [0, 0.1) is 0 Å². The molecule has 1 aliphatic heterocycles. The molecule has 0 saturated heterocycles. The lowest BCUT2D eigenvalue weighted by Gasteiger charge is -2.34. The molecule has 6 nitrogen and oxygen atoms in total. The number of unbranched alkanes of at least 4 members (excludes halogenated alkanes) is 1. The molecule has 0 fully saturated rings. The molecule has 0 aromatic carbocycles. The first-order chi connectivity index (χ1) is 10.5. The number of carbonyl (C=O) groups is 1. The van der Waals surface area contributed by atoms with Gasteiger partial charge in [0.05, 0.1) is 6.61 Å². The highest BCUT2D eigenvalue weighted by Gasteiger charge is 2.31. The first kappa shape index (κ1) is 16.5. The average molecular weight is 307 g/mol. The van der Waals surface area contributed by atoms with Gasteiger partial charge in [-0.25, -0.2) is 0 Å². The maximum absolute atomic E-state index is 12.8. The molecule has 122 valence electrons. The topological polar surface area (TPSA) is 77.6 Å². The summed E-state index contributed by atoms with van der Waals surface area (Å²) in [6.45, 7) is 7.91. The third kappa shape index (κ3) is 3.02. The highest BCUT2D eigenvalue weighted by atomic mass is 16.5. The molecule has 0 atom stereocenters. The van der Waals surface area contributed by atoms with Crippen LogP contribution in [0.1, 0.15) is 49.8 Å². The fourth-order valence-corrected chi connectivity index (χ4v) is 2.71. The molecule has 1 aromatic rings. The second-order valence-corrected chi connectivity index (χ2v) is 5.83. The van der Waals surface area contributed by atoms with Crippen LogP contribution in [0.3, 0.4) is 0 Å². The van der Waals surface area contributed by atoms with Crippen molar-refractivity contribution < 1.29 is 9.53 Å². The summed E-state index contributed by atoms with van der Waals surface area (Å²) in [6, 6.07) is 1.57. The van der Waals surface area contributed by atoms with Crippen molar-refractivity contribution in [2.24, 2.45) is 5.73 Å². The van der Waals surface area contributed by atoms with E-state index in [1.165, 1.54) is 6.07 Å². The summed E-state index contributed by atoms with van der Waals surface area (Å²) in [6.07, 6.45) is 1.82. The van der Waals surface area contributed by atoms with E-state index in [-0.39, 0.29) is 29.7 Å². The normalized spacial score (nSPS) is 14.4. The molecule has 2 rings (SSSR count). The SMILES string of the molecule is CCCCOc1c2n(c(CN)cc1=O)CCN(C(C)C)C2=O. The number of pyridine rings is 1. The first-order valence-electron chi connectivity index (χ1n) is 7.91. The van der Waals surface area contributed by atoms with Gasteiger partial charge < -0.3 is 19.9 Å². The lowest BCUT2D eigenvalue weighted by molar-refractivity contribution is 0.0637. The minimum Gasteiger partial charge on any atom is -0.487 e. The van der Waals surface area contributed by atoms with Crippen LogP contribution in [0.2, 0.25) is 0 Å². The Morgan fingerprint density at radius 1 is 1.32 bits per heavy atom. The van der Waals surface area contributed by atoms with Gasteiger partial charge >= 0.3 is 0 Å². The molecule has 1 aliphatic rings. The summed E-state index contributed by atoms with van der Waals surface area (Å²) in [5.74, 6) is 0.0150. The summed E-state index contributed by atoms with van der Waals surface area (Å²) in [4.78, 5) is 26.9. The fraction of sp³-hybridized carbons (Fsp3) is 0.625. The van der Waals surface area contributed by atoms with Crippen LogP contribution in [-0.2, 0) is 13.1 Å². The average Bonchev–Trinajstić information content (AvgIpc) is 2.49. The molecule has 0 saturated carbocycles. The van der Waals surface area contributed by atoms with E-state index in [9.17, 15) is 9.59 Å². The molecule has 2 N–H and O–H groups in total. The Morgan fingerprint density at radius 3 is 2.64 bits per heavy atom. The maximum Gasteiger partial charge on any atom is 0.274 e. The van der Waals surface area contributed by atoms with Gasteiger partial charge in [0.25, 0.3) is 5.91 Å². The molecular weight excluding hydrogens is 282 g/mol. The molecule has 22 heavy (non-hydrogen) atoms. The zero-order valence-electron chi connectivity index (χ0n) is 13.6. The lowest BCUT2D eigenvalue weighted by atomic mass is 10.1. The van der Waals surface area contributed by atoms with E-state index in [1.807, 2.05) is 18.4 Å². The standard InChI is InChI=1S/C16H25N3O3/c1-4-5-8-22-15-13(20)9-12(10-17)19-7-6-18(11(2)3)16(21)14(15)19/h9,11H,4-8,10,17H2,1-3H3. The minimum absolute atomic E-state index is 0.0846. The molecule has 1 amide bonds. The van der Waals surface area contributed by atoms with Gasteiger partial charge in [-0.1, -0.05) is 13.3 Å². The van der Waals surface area contributed by atoms with Crippen molar-refractivity contribution in [2.75, 3.05) is 13.2 Å². The summed E-state index contributed by atoms with van der Waals surface area (Å²) < 4.78 is 7.49. The first-order valence-corrected chi connectivity index (χ1v) is 7.91. The maximum atomic E-state index is 12.8. The van der Waals surface area contributed by atoms with E-state index in [2.05, 4.69) is 6.92 Å². The molecule has 0 radical (unpaired) electrons. The summed E-state index contributed by atoms with van der Waals surface area (Å²) in [5.41, 5.74) is 6.50. The van der Waals surface area contributed by atoms with E-state index in [0.717, 1.165) is 12.8 Å². The predicted molar refractivity (Wildman–Crippen MR) is 85.2 cm³/mol. The molecule has 6 heteroatoms. The molecule has 0 spiro atoms. The Hall–Kier alpha value is -1.82. The Balaban J connectivity index is 2.51. The van der Waals surface area contributed by atoms with Gasteiger partial charge in [0, 0.05) is 37.4 Å². The number of ether oxygens (including phenoxy) is 1. The third-order valence-corrected chi connectivity index (χ3v) is 3.96. The zero-order valence-corrected chi connectivity index (χ0v) is 13.6. The molecule has 0 bridgehead atoms. The van der Waals surface area contributed by atoms with Gasteiger partial charge in [-0.05, 0) is 20.3 Å². The van der Waals surface area contributed by atoms with Crippen LogP contribution in [0.15, 0.2) is 10.9 Å². The number of fused-ring (bicyclic) bond motifs is 1. The van der Waals surface area contributed by atoms with E-state index in [4.69, 9.17) is 10.5 Å². The monoisotopic (exact) mass is 307 g/mol. The van der Waals surface area contributed by atoms with Gasteiger partial charge in [-0.2, -0.15) is 0 Å². The smallest absolute Gasteiger partial charge is 0.274 e. The van der Waals surface area contributed by atoms with E-state index in [0.29, 0.717) is 31.1 Å². The van der Waals surface area contributed by atoms with Gasteiger partial charge in [0.1, 0.15) is 0 Å². The Labute approximate surface area is 130 Å². The van der Waals surface area contributed by atoms with E-state index >= 15 is 0 Å². The molecule has 0 unspecified atom stereocenters. The quantitative estimate of drug-likeness (QED) is 0.805. The second kappa shape index (κ2) is 6.96. The van der Waals surface area contributed by atoms with Crippen LogP contribution in [-0.4, -0.2) is 34.6 Å². The van der Waals surface area contributed by atoms with Crippen LogP contribution >= 0.6 is 0 Å². The minimum atomic E-state index is -0.262. The van der Waals surface area contributed by atoms with Gasteiger partial charge in [0.15, 0.2) is 11.4 Å². The summed E-state index contributed by atoms with van der Waals surface area (Å²) >= 11 is 0. The van der Waals surface area contributed by atoms with Crippen molar-refractivity contribution in [3.63, 3.8) is 0 Å². The summed E-state index contributed by atoms with van der Waals surface area (Å²) in [7, 11) is 0. The highest BCUT2D eigenvalue weighted by Crippen LogP contribution is 2.23. The van der Waals surface area contributed by atoms with Crippen molar-refractivity contribution in [3.05, 3.63) is 27.7 Å². The van der Waals surface area contributed by atoms with Crippen LogP contribution in [0.4, 0.5) is 0 Å². The molecule has 1 aromatic heterocycles. The van der Waals surface area contributed by atoms with Crippen LogP contribution in [0.25, 0.3) is 0 Å². The number of rotatable bonds is 6. The van der Waals surface area contributed by atoms with Gasteiger partial charge in [-0.3, -0.25) is 9.59 Å². The van der Waals surface area contributed by atoms with Crippen LogP contribution < -0.4 is 15.9 Å². The largest absolute Gasteiger partial charge is 0.487 e. The van der Waals surface area contributed by atoms with Crippen molar-refractivity contribution in [1.82, 2.24) is 9.47 Å². The Morgan fingerprint density at radius 2 is 2.05 bits per heavy atom. The van der Waals surface area contributed by atoms with E-state index in [1.54, 1.807) is 4.90 Å². The molecule has 2 heterocycles. The van der Waals surface area contributed by atoms with Crippen molar-refractivity contribution in [3.8, 4) is 5.75 Å². The number of carbonyl (C=O) groups excluding carboxylic acids is 1. The Kier molecular flexibility index (Phi) is 5.24. The van der Waals surface area contributed by atoms with Crippen LogP contribution in [0.5, 0.6) is 5.75 Å². The van der Waals surface area contributed by atoms with Crippen molar-refractivity contribution in [2.45, 2.75) is 52.7 Å². The highest BCUT2D eigenvalue weighted by molar-refractivity contribution is 5.96.